The first-order valence-corrected chi connectivity index (χ1v) is 11.4. The Labute approximate surface area is 203 Å². The molecule has 2 unspecified atom stereocenters. The Morgan fingerprint density at radius 1 is 1.11 bits per heavy atom. The molecule has 1 aromatic heterocycles. The van der Waals surface area contributed by atoms with Gasteiger partial charge >= 0.3 is 6.36 Å². The number of carbonyl (C=O) groups is 2. The third-order valence-corrected chi connectivity index (χ3v) is 6.32. The lowest BCUT2D eigenvalue weighted by Crippen LogP contribution is -2.54. The van der Waals surface area contributed by atoms with Gasteiger partial charge in [-0.2, -0.15) is 0 Å². The number of rotatable bonds is 6. The summed E-state index contributed by atoms with van der Waals surface area (Å²) in [5, 5.41) is 12.1. The number of nitrogens with one attached hydrogen (secondary N) is 1. The number of oxazole rings is 1. The van der Waals surface area contributed by atoms with E-state index in [1.807, 2.05) is 6.07 Å². The van der Waals surface area contributed by atoms with Crippen molar-refractivity contribution in [1.82, 2.24) is 15.2 Å². The predicted octanol–water partition coefficient (Wildman–Crippen LogP) is 3.58. The highest BCUT2D eigenvalue weighted by Crippen LogP contribution is 2.31. The molecule has 1 saturated heterocycles. The van der Waals surface area contributed by atoms with Crippen LogP contribution in [0.15, 0.2) is 53.1 Å². The van der Waals surface area contributed by atoms with Crippen LogP contribution >= 0.6 is 0 Å². The lowest BCUT2D eigenvalue weighted by molar-refractivity contribution is -0.274. The molecule has 2 aliphatic heterocycles. The van der Waals surface area contributed by atoms with Crippen LogP contribution in [0.5, 0.6) is 5.75 Å². The molecule has 188 valence electrons. The van der Waals surface area contributed by atoms with Crippen LogP contribution in [-0.2, 0) is 24.2 Å². The highest BCUT2D eigenvalue weighted by Gasteiger charge is 2.39. The van der Waals surface area contributed by atoms with Gasteiger partial charge in [0.25, 0.3) is 5.91 Å². The fraction of sp³-hybridized carbons (Fsp3) is 0.320. The molecule has 1 fully saturated rings. The summed E-state index contributed by atoms with van der Waals surface area (Å²) in [6.07, 6.45) is -2.25. The zero-order valence-corrected chi connectivity index (χ0v) is 18.9. The minimum atomic E-state index is -4.76. The monoisotopic (exact) mass is 501 g/mol. The standard InChI is InChI=1S/C25H22F3N3O5/c26-25(27,28)36-16-7-5-15(6-8-16)23-29-12-17(35-23)9-4-14-2-1-3-18-19(14)13-31(24(18)34)20-10-11-21(32)30-22(20)33/h1-3,5-8,12,20-21,32H,4,9-11,13H2,(H,30,33). The largest absolute Gasteiger partial charge is 0.573 e. The number of carbonyl (C=O) groups excluding carboxylic acids is 2. The Morgan fingerprint density at radius 3 is 2.61 bits per heavy atom. The van der Waals surface area contributed by atoms with E-state index in [-0.39, 0.29) is 23.5 Å². The molecule has 2 N–H and O–H groups in total. The molecule has 0 spiro atoms. The fourth-order valence-electron chi connectivity index (χ4n) is 4.59. The van der Waals surface area contributed by atoms with Crippen LogP contribution < -0.4 is 10.1 Å². The smallest absolute Gasteiger partial charge is 0.441 e. The normalized spacial score (nSPS) is 19.8. The average Bonchev–Trinajstić information content (AvgIpc) is 3.43. The van der Waals surface area contributed by atoms with Gasteiger partial charge in [0.2, 0.25) is 11.8 Å². The highest BCUT2D eigenvalue weighted by atomic mass is 19.4. The van der Waals surface area contributed by atoms with Crippen LogP contribution in [0, 0.1) is 0 Å². The summed E-state index contributed by atoms with van der Waals surface area (Å²) in [5.74, 6) is -0.0397. The number of aliphatic hydroxyl groups excluding tert-OH is 1. The summed E-state index contributed by atoms with van der Waals surface area (Å²) in [6, 6.07) is 10.1. The van der Waals surface area contributed by atoms with Crippen molar-refractivity contribution in [1.29, 1.82) is 0 Å². The van der Waals surface area contributed by atoms with Gasteiger partial charge in [0, 0.05) is 24.1 Å². The van der Waals surface area contributed by atoms with Gasteiger partial charge in [-0.1, -0.05) is 12.1 Å². The maximum atomic E-state index is 13.0. The number of amides is 2. The highest BCUT2D eigenvalue weighted by molar-refractivity contribution is 6.01. The van der Waals surface area contributed by atoms with Crippen molar-refractivity contribution in [2.24, 2.45) is 0 Å². The Balaban J connectivity index is 1.25. The van der Waals surface area contributed by atoms with Gasteiger partial charge in [-0.15, -0.1) is 13.2 Å². The second kappa shape index (κ2) is 9.30. The van der Waals surface area contributed by atoms with Gasteiger partial charge in [-0.05, 0) is 60.7 Å². The zero-order valence-electron chi connectivity index (χ0n) is 18.9. The number of benzene rings is 2. The number of aliphatic hydroxyl groups is 1. The Kier molecular flexibility index (Phi) is 6.17. The SMILES string of the molecule is O=C1NC(O)CCC1N1Cc2c(CCc3cnc(-c4ccc(OC(F)(F)F)cc4)o3)cccc2C1=O. The predicted molar refractivity (Wildman–Crippen MR) is 120 cm³/mol. The molecule has 5 rings (SSSR count). The second-order valence-electron chi connectivity index (χ2n) is 8.70. The minimum Gasteiger partial charge on any atom is -0.441 e. The van der Waals surface area contributed by atoms with Crippen LogP contribution in [0.2, 0.25) is 0 Å². The molecule has 0 bridgehead atoms. The van der Waals surface area contributed by atoms with Crippen LogP contribution in [-0.4, -0.2) is 45.4 Å². The average molecular weight is 501 g/mol. The van der Waals surface area contributed by atoms with E-state index in [0.717, 1.165) is 11.1 Å². The Bertz CT molecular complexity index is 1290. The van der Waals surface area contributed by atoms with E-state index in [1.54, 1.807) is 23.2 Å². The first kappa shape index (κ1) is 23.9. The van der Waals surface area contributed by atoms with Crippen molar-refractivity contribution < 1.29 is 37.0 Å². The number of alkyl halides is 3. The number of hydrogen-bond donors (Lipinski definition) is 2. The maximum Gasteiger partial charge on any atom is 0.573 e. The maximum absolute atomic E-state index is 13.0. The minimum absolute atomic E-state index is 0.205. The van der Waals surface area contributed by atoms with Gasteiger partial charge in [0.15, 0.2) is 0 Å². The number of hydrogen-bond acceptors (Lipinski definition) is 6. The van der Waals surface area contributed by atoms with E-state index in [4.69, 9.17) is 4.42 Å². The molecule has 3 heterocycles. The topological polar surface area (TPSA) is 105 Å². The van der Waals surface area contributed by atoms with Crippen LogP contribution in [0.4, 0.5) is 13.2 Å². The van der Waals surface area contributed by atoms with E-state index >= 15 is 0 Å². The van der Waals surface area contributed by atoms with Crippen molar-refractivity contribution >= 4 is 11.8 Å². The van der Waals surface area contributed by atoms with Crippen LogP contribution in [0.1, 0.15) is 40.1 Å². The molecule has 8 nitrogen and oxygen atoms in total. The number of halogens is 3. The molecule has 2 atom stereocenters. The van der Waals surface area contributed by atoms with Gasteiger partial charge < -0.3 is 24.5 Å². The molecule has 0 radical (unpaired) electrons. The quantitative estimate of drug-likeness (QED) is 0.535. The summed E-state index contributed by atoms with van der Waals surface area (Å²) in [6.45, 7) is 0.312. The summed E-state index contributed by atoms with van der Waals surface area (Å²) < 4.78 is 46.7. The van der Waals surface area contributed by atoms with Gasteiger partial charge in [0.1, 0.15) is 23.8 Å². The number of aromatic nitrogens is 1. The number of aryl methyl sites for hydroxylation is 2. The van der Waals surface area contributed by atoms with Crippen molar-refractivity contribution in [3.8, 4) is 17.2 Å². The summed E-state index contributed by atoms with van der Waals surface area (Å²) in [5.41, 5.74) is 2.88. The summed E-state index contributed by atoms with van der Waals surface area (Å²) in [7, 11) is 0. The van der Waals surface area contributed by atoms with E-state index in [2.05, 4.69) is 15.0 Å². The molecular weight excluding hydrogens is 479 g/mol. The number of piperidine rings is 1. The van der Waals surface area contributed by atoms with E-state index in [9.17, 15) is 27.9 Å². The summed E-state index contributed by atoms with van der Waals surface area (Å²) >= 11 is 0. The molecule has 36 heavy (non-hydrogen) atoms. The number of fused-ring (bicyclic) bond motifs is 1. The molecule has 2 amide bonds. The molecule has 0 aliphatic carbocycles. The second-order valence-corrected chi connectivity index (χ2v) is 8.70. The van der Waals surface area contributed by atoms with Crippen molar-refractivity contribution in [2.45, 2.75) is 50.9 Å². The van der Waals surface area contributed by atoms with Gasteiger partial charge in [-0.25, -0.2) is 4.98 Å². The van der Waals surface area contributed by atoms with E-state index < -0.39 is 18.6 Å². The summed E-state index contributed by atoms with van der Waals surface area (Å²) in [4.78, 5) is 31.1. The van der Waals surface area contributed by atoms with Gasteiger partial charge in [0.05, 0.1) is 6.20 Å². The Hall–Kier alpha value is -3.86. The van der Waals surface area contributed by atoms with E-state index in [0.29, 0.717) is 49.1 Å². The Morgan fingerprint density at radius 2 is 1.89 bits per heavy atom. The molecule has 2 aliphatic rings. The van der Waals surface area contributed by atoms with Crippen molar-refractivity contribution in [3.05, 3.63) is 71.1 Å². The number of nitrogens with zero attached hydrogens (tertiary/aromatic N) is 2. The molecule has 11 heteroatoms. The first-order chi connectivity index (χ1) is 17.2. The third kappa shape index (κ3) is 4.92. The first-order valence-electron chi connectivity index (χ1n) is 11.4. The molecule has 0 saturated carbocycles. The third-order valence-electron chi connectivity index (χ3n) is 6.32. The zero-order chi connectivity index (χ0) is 25.4. The lowest BCUT2D eigenvalue weighted by Gasteiger charge is -2.32. The van der Waals surface area contributed by atoms with Crippen LogP contribution in [0.3, 0.4) is 0 Å². The van der Waals surface area contributed by atoms with Crippen molar-refractivity contribution in [2.75, 3.05) is 0 Å². The molecule has 3 aromatic rings. The van der Waals surface area contributed by atoms with Gasteiger partial charge in [-0.3, -0.25) is 9.59 Å². The number of ether oxygens (including phenoxy) is 1. The molecular formula is C25H22F3N3O5. The molecule has 2 aromatic carbocycles. The van der Waals surface area contributed by atoms with E-state index in [1.165, 1.54) is 24.3 Å². The lowest BCUT2D eigenvalue weighted by atomic mass is 9.99. The fourth-order valence-corrected chi connectivity index (χ4v) is 4.59. The van der Waals surface area contributed by atoms with Crippen molar-refractivity contribution in [3.63, 3.8) is 0 Å². The van der Waals surface area contributed by atoms with Crippen LogP contribution in [0.25, 0.3) is 11.5 Å².